The van der Waals surface area contributed by atoms with Gasteiger partial charge in [-0.15, -0.1) is 11.6 Å². The first-order valence-electron chi connectivity index (χ1n) is 5.92. The van der Waals surface area contributed by atoms with Crippen LogP contribution in [0.2, 0.25) is 0 Å². The van der Waals surface area contributed by atoms with E-state index in [1.165, 1.54) is 0 Å². The van der Waals surface area contributed by atoms with Gasteiger partial charge in [0.1, 0.15) is 0 Å². The van der Waals surface area contributed by atoms with Gasteiger partial charge in [-0.3, -0.25) is 4.79 Å². The molecule has 1 aliphatic rings. The molecule has 98 valence electrons. The molecule has 0 aromatic heterocycles. The second kappa shape index (κ2) is 6.40. The first-order chi connectivity index (χ1) is 8.61. The van der Waals surface area contributed by atoms with Gasteiger partial charge in [0.05, 0.1) is 5.56 Å². The Hall–Kier alpha value is -0.0600. The summed E-state index contributed by atoms with van der Waals surface area (Å²) in [5, 5.41) is 0. The average molecular weight is 396 g/mol. The maximum Gasteiger partial charge on any atom is 0.255 e. The van der Waals surface area contributed by atoms with Crippen LogP contribution in [0.15, 0.2) is 27.1 Å². The van der Waals surface area contributed by atoms with Crippen LogP contribution in [-0.4, -0.2) is 29.8 Å². The van der Waals surface area contributed by atoms with E-state index in [0.717, 1.165) is 34.9 Å². The van der Waals surface area contributed by atoms with Crippen molar-refractivity contribution in [3.05, 3.63) is 32.7 Å². The Morgan fingerprint density at radius 2 is 2.22 bits per heavy atom. The van der Waals surface area contributed by atoms with Gasteiger partial charge in [0.25, 0.3) is 5.91 Å². The molecule has 18 heavy (non-hydrogen) atoms. The number of halogens is 3. The molecule has 1 atom stereocenters. The lowest BCUT2D eigenvalue weighted by molar-refractivity contribution is 0.0684. The number of nitrogens with zero attached hydrogens (tertiary/aromatic N) is 1. The number of carbonyl (C=O) groups excluding carboxylic acids is 1. The molecule has 0 N–H and O–H groups in total. The fraction of sp³-hybridized carbons (Fsp3) is 0.462. The number of amides is 1. The molecule has 1 aliphatic heterocycles. The summed E-state index contributed by atoms with van der Waals surface area (Å²) in [4.78, 5) is 14.3. The van der Waals surface area contributed by atoms with Gasteiger partial charge in [-0.1, -0.05) is 15.9 Å². The van der Waals surface area contributed by atoms with Crippen molar-refractivity contribution in [2.75, 3.05) is 19.0 Å². The number of rotatable bonds is 2. The highest BCUT2D eigenvalue weighted by Gasteiger charge is 2.24. The van der Waals surface area contributed by atoms with Gasteiger partial charge in [-0.25, -0.2) is 0 Å². The number of hydrogen-bond acceptors (Lipinski definition) is 1. The van der Waals surface area contributed by atoms with Gasteiger partial charge < -0.3 is 4.90 Å². The van der Waals surface area contributed by atoms with Crippen molar-refractivity contribution < 1.29 is 4.79 Å². The number of alkyl halides is 1. The molecular weight excluding hydrogens is 381 g/mol. The Balaban J connectivity index is 2.15. The fourth-order valence-corrected chi connectivity index (χ4v) is 3.68. The summed E-state index contributed by atoms with van der Waals surface area (Å²) in [6.07, 6.45) is 2.16. The first-order valence-corrected chi connectivity index (χ1v) is 8.04. The topological polar surface area (TPSA) is 20.3 Å². The predicted octanol–water partition coefficient (Wildman–Crippen LogP) is 4.30. The number of benzene rings is 1. The molecule has 5 heteroatoms. The second-order valence-electron chi connectivity index (χ2n) is 4.54. The lowest BCUT2D eigenvalue weighted by Crippen LogP contribution is -2.40. The van der Waals surface area contributed by atoms with Crippen LogP contribution < -0.4 is 0 Å². The van der Waals surface area contributed by atoms with Crippen LogP contribution in [-0.2, 0) is 0 Å². The molecule has 0 saturated carbocycles. The van der Waals surface area contributed by atoms with E-state index in [-0.39, 0.29) is 5.91 Å². The largest absolute Gasteiger partial charge is 0.338 e. The molecule has 2 nitrogen and oxygen atoms in total. The van der Waals surface area contributed by atoms with Crippen molar-refractivity contribution >= 4 is 49.4 Å². The van der Waals surface area contributed by atoms with Gasteiger partial charge in [0.15, 0.2) is 0 Å². The molecule has 2 rings (SSSR count). The summed E-state index contributed by atoms with van der Waals surface area (Å²) in [7, 11) is 0. The Bertz CT molecular complexity index is 453. The Labute approximate surface area is 129 Å². The molecule has 1 amide bonds. The Morgan fingerprint density at radius 1 is 1.44 bits per heavy atom. The Kier molecular flexibility index (Phi) is 5.10. The van der Waals surface area contributed by atoms with Gasteiger partial charge in [-0.2, -0.15) is 0 Å². The number of piperidine rings is 1. The fourth-order valence-electron chi connectivity index (χ4n) is 2.21. The Morgan fingerprint density at radius 3 is 2.89 bits per heavy atom. The van der Waals surface area contributed by atoms with E-state index in [4.69, 9.17) is 11.6 Å². The van der Waals surface area contributed by atoms with Crippen LogP contribution in [0.1, 0.15) is 23.2 Å². The van der Waals surface area contributed by atoms with E-state index < -0.39 is 0 Å². The molecule has 1 heterocycles. The highest BCUT2D eigenvalue weighted by atomic mass is 79.9. The van der Waals surface area contributed by atoms with Gasteiger partial charge in [0.2, 0.25) is 0 Å². The van der Waals surface area contributed by atoms with Crippen LogP contribution in [0, 0.1) is 5.92 Å². The minimum absolute atomic E-state index is 0.0872. The lowest BCUT2D eigenvalue weighted by Gasteiger charge is -2.32. The molecule has 0 aliphatic carbocycles. The molecule has 0 spiro atoms. The van der Waals surface area contributed by atoms with Crippen LogP contribution in [0.5, 0.6) is 0 Å². The number of carbonyl (C=O) groups is 1. The van der Waals surface area contributed by atoms with Gasteiger partial charge in [-0.05, 0) is 52.9 Å². The van der Waals surface area contributed by atoms with E-state index in [0.29, 0.717) is 17.4 Å². The van der Waals surface area contributed by atoms with Gasteiger partial charge >= 0.3 is 0 Å². The second-order valence-corrected chi connectivity index (χ2v) is 6.62. The highest BCUT2D eigenvalue weighted by molar-refractivity contribution is 9.11. The standard InChI is InChI=1S/C13H14Br2ClNO/c14-10-3-4-11(12(15)6-10)13(18)17-5-1-2-9(7-16)8-17/h3-4,6,9H,1-2,5,7-8H2. The van der Waals surface area contributed by atoms with E-state index in [9.17, 15) is 4.79 Å². The molecule has 1 saturated heterocycles. The molecule has 0 radical (unpaired) electrons. The summed E-state index contributed by atoms with van der Waals surface area (Å²) in [6, 6.07) is 5.64. The van der Waals surface area contributed by atoms with E-state index in [1.807, 2.05) is 23.1 Å². The molecular formula is C13H14Br2ClNO. The quantitative estimate of drug-likeness (QED) is 0.684. The third-order valence-corrected chi connectivity index (χ3v) is 4.77. The first kappa shape index (κ1) is 14.4. The summed E-state index contributed by atoms with van der Waals surface area (Å²) in [5.74, 6) is 1.15. The average Bonchev–Trinajstić information content (AvgIpc) is 2.38. The summed E-state index contributed by atoms with van der Waals surface area (Å²) in [6.45, 7) is 1.60. The zero-order chi connectivity index (χ0) is 13.1. The summed E-state index contributed by atoms with van der Waals surface area (Å²) < 4.78 is 1.79. The maximum atomic E-state index is 12.4. The maximum absolute atomic E-state index is 12.4. The van der Waals surface area contributed by atoms with E-state index in [2.05, 4.69) is 31.9 Å². The third-order valence-electron chi connectivity index (χ3n) is 3.19. The minimum atomic E-state index is 0.0872. The molecule has 0 bridgehead atoms. The number of likely N-dealkylation sites (tertiary alicyclic amines) is 1. The van der Waals surface area contributed by atoms with Crippen molar-refractivity contribution in [2.45, 2.75) is 12.8 Å². The molecule has 1 unspecified atom stereocenters. The van der Waals surface area contributed by atoms with Crippen molar-refractivity contribution in [3.63, 3.8) is 0 Å². The molecule has 1 fully saturated rings. The smallest absolute Gasteiger partial charge is 0.255 e. The van der Waals surface area contributed by atoms with Crippen LogP contribution in [0.4, 0.5) is 0 Å². The van der Waals surface area contributed by atoms with Crippen molar-refractivity contribution in [2.24, 2.45) is 5.92 Å². The van der Waals surface area contributed by atoms with E-state index in [1.54, 1.807) is 0 Å². The monoisotopic (exact) mass is 393 g/mol. The third kappa shape index (κ3) is 3.28. The van der Waals surface area contributed by atoms with Crippen molar-refractivity contribution in [3.8, 4) is 0 Å². The zero-order valence-corrected chi connectivity index (χ0v) is 13.8. The predicted molar refractivity (Wildman–Crippen MR) is 81.2 cm³/mol. The van der Waals surface area contributed by atoms with Crippen molar-refractivity contribution in [1.82, 2.24) is 4.90 Å². The van der Waals surface area contributed by atoms with Crippen LogP contribution in [0.3, 0.4) is 0 Å². The normalized spacial score (nSPS) is 19.9. The van der Waals surface area contributed by atoms with Crippen LogP contribution in [0.25, 0.3) is 0 Å². The number of hydrogen-bond donors (Lipinski definition) is 0. The summed E-state index contributed by atoms with van der Waals surface area (Å²) >= 11 is 12.7. The lowest BCUT2D eigenvalue weighted by atomic mass is 9.99. The van der Waals surface area contributed by atoms with Crippen molar-refractivity contribution in [1.29, 1.82) is 0 Å². The molecule has 1 aromatic rings. The SMILES string of the molecule is O=C(c1ccc(Br)cc1Br)N1CCCC(CCl)C1. The van der Waals surface area contributed by atoms with Gasteiger partial charge in [0, 0.05) is 27.9 Å². The summed E-state index contributed by atoms with van der Waals surface area (Å²) in [5.41, 5.74) is 0.716. The molecule has 1 aromatic carbocycles. The highest BCUT2D eigenvalue weighted by Crippen LogP contribution is 2.25. The van der Waals surface area contributed by atoms with E-state index >= 15 is 0 Å². The zero-order valence-electron chi connectivity index (χ0n) is 9.83. The minimum Gasteiger partial charge on any atom is -0.338 e. The van der Waals surface area contributed by atoms with Crippen LogP contribution >= 0.6 is 43.5 Å².